The highest BCUT2D eigenvalue weighted by Gasteiger charge is 2.05. The van der Waals surface area contributed by atoms with E-state index in [4.69, 9.17) is 16.7 Å². The summed E-state index contributed by atoms with van der Waals surface area (Å²) in [5, 5.41) is 13.1. The fourth-order valence-corrected chi connectivity index (χ4v) is 1.91. The van der Waals surface area contributed by atoms with E-state index < -0.39 is 0 Å². The predicted octanol–water partition coefficient (Wildman–Crippen LogP) is 1.29. The standard InChI is InChI=1S/C13H16ClN3O2/c1-8(7-18)5-15-6-12-16-11-4-9(14)2-3-10(11)13(19)17-12/h2-4,8,15,18H,5-7H2,1H3,(H,16,17,19). The minimum atomic E-state index is -0.173. The summed E-state index contributed by atoms with van der Waals surface area (Å²) >= 11 is 5.89. The van der Waals surface area contributed by atoms with Gasteiger partial charge in [-0.25, -0.2) is 4.98 Å². The van der Waals surface area contributed by atoms with Crippen LogP contribution in [-0.2, 0) is 6.54 Å². The lowest BCUT2D eigenvalue weighted by atomic mass is 10.2. The van der Waals surface area contributed by atoms with Gasteiger partial charge in [0.05, 0.1) is 17.4 Å². The van der Waals surface area contributed by atoms with Gasteiger partial charge in [0.2, 0.25) is 0 Å². The van der Waals surface area contributed by atoms with Crippen molar-refractivity contribution in [2.75, 3.05) is 13.2 Å². The third kappa shape index (κ3) is 3.53. The quantitative estimate of drug-likeness (QED) is 0.772. The van der Waals surface area contributed by atoms with E-state index in [9.17, 15) is 4.79 Å². The maximum absolute atomic E-state index is 11.9. The van der Waals surface area contributed by atoms with Crippen molar-refractivity contribution in [3.63, 3.8) is 0 Å². The first kappa shape index (κ1) is 14.0. The number of aromatic amines is 1. The van der Waals surface area contributed by atoms with Gasteiger partial charge in [-0.2, -0.15) is 0 Å². The average Bonchev–Trinajstić information content (AvgIpc) is 2.38. The normalized spacial score (nSPS) is 12.8. The van der Waals surface area contributed by atoms with Gasteiger partial charge in [-0.05, 0) is 24.1 Å². The molecule has 0 spiro atoms. The number of rotatable bonds is 5. The summed E-state index contributed by atoms with van der Waals surface area (Å²) in [6, 6.07) is 5.00. The second-order valence-electron chi connectivity index (χ2n) is 4.59. The number of aromatic nitrogens is 2. The van der Waals surface area contributed by atoms with Crippen LogP contribution in [0, 0.1) is 5.92 Å². The third-order valence-electron chi connectivity index (χ3n) is 2.81. The minimum Gasteiger partial charge on any atom is -0.396 e. The number of nitrogens with zero attached hydrogens (tertiary/aromatic N) is 1. The largest absolute Gasteiger partial charge is 0.396 e. The van der Waals surface area contributed by atoms with Crippen LogP contribution in [0.4, 0.5) is 0 Å². The van der Waals surface area contributed by atoms with Crippen molar-refractivity contribution in [2.24, 2.45) is 5.92 Å². The van der Waals surface area contributed by atoms with Gasteiger partial charge in [-0.3, -0.25) is 4.79 Å². The first-order chi connectivity index (χ1) is 9.10. The predicted molar refractivity (Wildman–Crippen MR) is 75.3 cm³/mol. The lowest BCUT2D eigenvalue weighted by Crippen LogP contribution is -2.25. The first-order valence-corrected chi connectivity index (χ1v) is 6.48. The molecule has 1 aromatic carbocycles. The van der Waals surface area contributed by atoms with E-state index in [2.05, 4.69) is 15.3 Å². The van der Waals surface area contributed by atoms with Crippen molar-refractivity contribution in [3.8, 4) is 0 Å². The van der Waals surface area contributed by atoms with Crippen molar-refractivity contribution in [3.05, 3.63) is 39.4 Å². The molecule has 2 aromatic rings. The molecule has 1 atom stereocenters. The summed E-state index contributed by atoms with van der Waals surface area (Å²) in [6.45, 7) is 3.17. The molecule has 0 saturated heterocycles. The van der Waals surface area contributed by atoms with Crippen LogP contribution in [0.1, 0.15) is 12.7 Å². The summed E-state index contributed by atoms with van der Waals surface area (Å²) in [5.74, 6) is 0.728. The van der Waals surface area contributed by atoms with Gasteiger partial charge in [-0.1, -0.05) is 18.5 Å². The molecular weight excluding hydrogens is 266 g/mol. The summed E-state index contributed by atoms with van der Waals surface area (Å²) in [6.07, 6.45) is 0. The summed E-state index contributed by atoms with van der Waals surface area (Å²) in [4.78, 5) is 18.9. The molecule has 0 amide bonds. The highest BCUT2D eigenvalue weighted by atomic mass is 35.5. The van der Waals surface area contributed by atoms with Crippen molar-refractivity contribution in [1.29, 1.82) is 0 Å². The highest BCUT2D eigenvalue weighted by molar-refractivity contribution is 6.31. The first-order valence-electron chi connectivity index (χ1n) is 6.10. The molecule has 0 radical (unpaired) electrons. The smallest absolute Gasteiger partial charge is 0.258 e. The molecular formula is C13H16ClN3O2. The number of hydrogen-bond acceptors (Lipinski definition) is 4. The minimum absolute atomic E-state index is 0.129. The van der Waals surface area contributed by atoms with E-state index in [1.54, 1.807) is 18.2 Å². The molecule has 102 valence electrons. The maximum atomic E-state index is 11.9. The van der Waals surface area contributed by atoms with Crippen molar-refractivity contribution in [1.82, 2.24) is 15.3 Å². The Morgan fingerprint density at radius 2 is 2.32 bits per heavy atom. The Hall–Kier alpha value is -1.43. The zero-order valence-corrected chi connectivity index (χ0v) is 11.4. The van der Waals surface area contributed by atoms with Crippen LogP contribution >= 0.6 is 11.6 Å². The Morgan fingerprint density at radius 3 is 3.05 bits per heavy atom. The number of fused-ring (bicyclic) bond motifs is 1. The Bertz CT molecular complexity index is 627. The number of benzene rings is 1. The third-order valence-corrected chi connectivity index (χ3v) is 3.05. The number of aliphatic hydroxyl groups is 1. The van der Waals surface area contributed by atoms with E-state index in [0.29, 0.717) is 34.8 Å². The van der Waals surface area contributed by atoms with Gasteiger partial charge in [0.15, 0.2) is 0 Å². The van der Waals surface area contributed by atoms with Crippen LogP contribution < -0.4 is 10.9 Å². The van der Waals surface area contributed by atoms with Gasteiger partial charge in [0.25, 0.3) is 5.56 Å². The Morgan fingerprint density at radius 1 is 1.53 bits per heavy atom. The monoisotopic (exact) mass is 281 g/mol. The van der Waals surface area contributed by atoms with Crippen molar-refractivity contribution >= 4 is 22.5 Å². The van der Waals surface area contributed by atoms with Gasteiger partial charge >= 0.3 is 0 Å². The Kier molecular flexibility index (Phi) is 4.52. The van der Waals surface area contributed by atoms with E-state index in [1.165, 1.54) is 0 Å². The average molecular weight is 282 g/mol. The van der Waals surface area contributed by atoms with Crippen LogP contribution in [0.2, 0.25) is 5.02 Å². The van der Waals surface area contributed by atoms with Gasteiger partial charge in [0, 0.05) is 18.2 Å². The van der Waals surface area contributed by atoms with Gasteiger partial charge < -0.3 is 15.4 Å². The molecule has 6 heteroatoms. The molecule has 0 aliphatic rings. The van der Waals surface area contributed by atoms with Crippen molar-refractivity contribution in [2.45, 2.75) is 13.5 Å². The summed E-state index contributed by atoms with van der Waals surface area (Å²) in [5.41, 5.74) is 0.414. The zero-order valence-electron chi connectivity index (χ0n) is 10.6. The molecule has 3 N–H and O–H groups in total. The fraction of sp³-hybridized carbons (Fsp3) is 0.385. The maximum Gasteiger partial charge on any atom is 0.258 e. The zero-order chi connectivity index (χ0) is 13.8. The molecule has 2 rings (SSSR count). The lowest BCUT2D eigenvalue weighted by molar-refractivity contribution is 0.233. The lowest BCUT2D eigenvalue weighted by Gasteiger charge is -2.09. The molecule has 1 heterocycles. The van der Waals surface area contributed by atoms with Crippen LogP contribution in [0.15, 0.2) is 23.0 Å². The summed E-state index contributed by atoms with van der Waals surface area (Å²) in [7, 11) is 0. The van der Waals surface area contributed by atoms with E-state index in [0.717, 1.165) is 0 Å². The molecule has 0 saturated carbocycles. The number of hydrogen-bond donors (Lipinski definition) is 3. The van der Waals surface area contributed by atoms with Crippen LogP contribution in [0.5, 0.6) is 0 Å². The van der Waals surface area contributed by atoms with Gasteiger partial charge in [0.1, 0.15) is 5.82 Å². The second-order valence-corrected chi connectivity index (χ2v) is 5.03. The molecule has 1 unspecified atom stereocenters. The Labute approximate surface area is 115 Å². The molecule has 1 aromatic heterocycles. The van der Waals surface area contributed by atoms with Crippen LogP contribution in [-0.4, -0.2) is 28.2 Å². The fourth-order valence-electron chi connectivity index (χ4n) is 1.75. The van der Waals surface area contributed by atoms with Crippen molar-refractivity contribution < 1.29 is 5.11 Å². The molecule has 5 nitrogen and oxygen atoms in total. The molecule has 0 fully saturated rings. The topological polar surface area (TPSA) is 78.0 Å². The van der Waals surface area contributed by atoms with E-state index in [-0.39, 0.29) is 18.1 Å². The van der Waals surface area contributed by atoms with Gasteiger partial charge in [-0.15, -0.1) is 0 Å². The molecule has 0 aliphatic carbocycles. The number of nitrogens with one attached hydrogen (secondary N) is 2. The van der Waals surface area contributed by atoms with E-state index >= 15 is 0 Å². The summed E-state index contributed by atoms with van der Waals surface area (Å²) < 4.78 is 0. The van der Waals surface area contributed by atoms with Crippen LogP contribution in [0.25, 0.3) is 10.9 Å². The number of H-pyrrole nitrogens is 1. The second kappa shape index (κ2) is 6.14. The Balaban J connectivity index is 2.18. The molecule has 0 bridgehead atoms. The van der Waals surface area contributed by atoms with E-state index in [1.807, 2.05) is 6.92 Å². The number of aliphatic hydroxyl groups excluding tert-OH is 1. The SMILES string of the molecule is CC(CO)CNCc1nc2cc(Cl)ccc2c(=O)[nH]1. The number of halogens is 1. The van der Waals surface area contributed by atoms with Crippen LogP contribution in [0.3, 0.4) is 0 Å². The molecule has 0 aliphatic heterocycles. The highest BCUT2D eigenvalue weighted by Crippen LogP contribution is 2.14. The molecule has 19 heavy (non-hydrogen) atoms.